The van der Waals surface area contributed by atoms with Crippen LogP contribution in [0.5, 0.6) is 11.5 Å². The molecule has 0 aromatic heterocycles. The zero-order valence-corrected chi connectivity index (χ0v) is 33.4. The topological polar surface area (TPSA) is 40.5 Å². The van der Waals surface area contributed by atoms with E-state index in [2.05, 4.69) is 83.2 Å². The second kappa shape index (κ2) is 19.4. The van der Waals surface area contributed by atoms with E-state index >= 15 is 0 Å². The van der Waals surface area contributed by atoms with Crippen molar-refractivity contribution in [2.24, 2.45) is 0 Å². The van der Waals surface area contributed by atoms with E-state index < -0.39 is 0 Å². The maximum absolute atomic E-state index is 10.9. The number of aromatic hydroxyl groups is 2. The monoisotopic (exact) mass is 786 g/mol. The van der Waals surface area contributed by atoms with Crippen LogP contribution in [-0.2, 0) is 0 Å². The molecule has 0 radical (unpaired) electrons. The van der Waals surface area contributed by atoms with Crippen molar-refractivity contribution in [3.63, 3.8) is 0 Å². The number of phenolic OH excluding ortho intramolecular Hbond substituents is 2. The third kappa shape index (κ3) is 10.2. The molecular weight excluding hydrogens is 753 g/mol. The van der Waals surface area contributed by atoms with E-state index in [1.165, 1.54) is 0 Å². The van der Waals surface area contributed by atoms with Crippen LogP contribution < -0.4 is 0 Å². The van der Waals surface area contributed by atoms with Gasteiger partial charge in [0.1, 0.15) is 11.5 Å². The van der Waals surface area contributed by atoms with Crippen LogP contribution >= 0.6 is 0 Å². The van der Waals surface area contributed by atoms with Crippen molar-refractivity contribution in [1.29, 1.82) is 0 Å². The molecule has 0 saturated heterocycles. The molecule has 8 aromatic rings. The first-order chi connectivity index (χ1) is 30.6. The number of phenols is 2. The fourth-order valence-corrected chi connectivity index (χ4v) is 6.37. The summed E-state index contributed by atoms with van der Waals surface area (Å²) in [6.45, 7) is 0. The molecule has 62 heavy (non-hydrogen) atoms. The third-order valence-electron chi connectivity index (χ3n) is 9.54. The third-order valence-corrected chi connectivity index (χ3v) is 9.54. The Morgan fingerprint density at radius 1 is 0.210 bits per heavy atom. The molecule has 2 heteroatoms. The highest BCUT2D eigenvalue weighted by Gasteiger charge is 2.08. The fraction of sp³-hybridized carbons (Fsp3) is 0. The van der Waals surface area contributed by atoms with Crippen LogP contribution in [0, 0.1) is 71.0 Å². The van der Waals surface area contributed by atoms with Gasteiger partial charge < -0.3 is 10.2 Å². The Kier molecular flexibility index (Phi) is 12.4. The lowest BCUT2D eigenvalue weighted by atomic mass is 9.95. The summed E-state index contributed by atoms with van der Waals surface area (Å²) in [6, 6.07) is 61.8. The molecule has 0 aliphatic rings. The zero-order chi connectivity index (χ0) is 42.4. The van der Waals surface area contributed by atoms with Gasteiger partial charge in [-0.05, 0) is 108 Å². The van der Waals surface area contributed by atoms with Gasteiger partial charge >= 0.3 is 0 Å². The molecule has 0 saturated carbocycles. The maximum atomic E-state index is 10.9. The van der Waals surface area contributed by atoms with Crippen LogP contribution in [0.4, 0.5) is 0 Å². The number of hydrogen-bond donors (Lipinski definition) is 2. The first kappa shape index (κ1) is 39.5. The molecule has 0 atom stereocenters. The van der Waals surface area contributed by atoms with Crippen molar-refractivity contribution in [1.82, 2.24) is 0 Å². The number of hydrogen-bond acceptors (Lipinski definition) is 2. The molecule has 0 aliphatic heterocycles. The molecule has 2 N–H and O–H groups in total. The van der Waals surface area contributed by atoms with Gasteiger partial charge in [0.15, 0.2) is 0 Å². The second-order valence-corrected chi connectivity index (χ2v) is 13.9. The minimum absolute atomic E-state index is 0.0601. The lowest BCUT2D eigenvalue weighted by Crippen LogP contribution is -1.89. The number of rotatable bonds is 1. The Morgan fingerprint density at radius 3 is 0.806 bits per heavy atom. The van der Waals surface area contributed by atoms with E-state index in [1.54, 1.807) is 24.3 Å². The average molecular weight is 787 g/mol. The van der Waals surface area contributed by atoms with Gasteiger partial charge in [-0.3, -0.25) is 0 Å². The largest absolute Gasteiger partial charge is 0.505 e. The summed E-state index contributed by atoms with van der Waals surface area (Å²) in [5, 5.41) is 21.8. The van der Waals surface area contributed by atoms with E-state index in [-0.39, 0.29) is 11.5 Å². The maximum Gasteiger partial charge on any atom is 0.146 e. The summed E-state index contributed by atoms with van der Waals surface area (Å²) < 4.78 is 0. The van der Waals surface area contributed by atoms with Gasteiger partial charge in [0, 0.05) is 44.5 Å². The van der Waals surface area contributed by atoms with E-state index in [0.717, 1.165) is 55.6 Å². The molecule has 0 unspecified atom stereocenters. The molecule has 286 valence electrons. The molecule has 2 nitrogen and oxygen atoms in total. The predicted molar refractivity (Wildman–Crippen MR) is 250 cm³/mol. The fourth-order valence-electron chi connectivity index (χ4n) is 6.37. The van der Waals surface area contributed by atoms with Crippen LogP contribution in [0.3, 0.4) is 0 Å². The Balaban J connectivity index is 1.00. The van der Waals surface area contributed by atoms with Crippen molar-refractivity contribution in [3.8, 4) is 93.7 Å². The zero-order valence-electron chi connectivity index (χ0n) is 33.4. The minimum atomic E-state index is 0.0601. The summed E-state index contributed by atoms with van der Waals surface area (Å²) in [7, 11) is 0. The summed E-state index contributed by atoms with van der Waals surface area (Å²) in [5.74, 6) is 38.4. The highest BCUT2D eigenvalue weighted by molar-refractivity contribution is 5.77. The summed E-state index contributed by atoms with van der Waals surface area (Å²) in [4.78, 5) is 0. The quantitative estimate of drug-likeness (QED) is 0.163. The van der Waals surface area contributed by atoms with E-state index in [0.29, 0.717) is 22.3 Å². The van der Waals surface area contributed by atoms with Gasteiger partial charge in [0.25, 0.3) is 0 Å². The van der Waals surface area contributed by atoms with Crippen LogP contribution in [0.25, 0.3) is 11.1 Å². The molecule has 0 aliphatic carbocycles. The number of para-hydroxylation sites is 2. The van der Waals surface area contributed by atoms with Gasteiger partial charge in [0.05, 0.1) is 22.3 Å². The summed E-state index contributed by atoms with van der Waals surface area (Å²) in [6.07, 6.45) is 0. The second-order valence-electron chi connectivity index (χ2n) is 13.9. The highest BCUT2D eigenvalue weighted by atomic mass is 16.3. The first-order valence-corrected chi connectivity index (χ1v) is 19.8. The smallest absolute Gasteiger partial charge is 0.146 e. The molecule has 0 heterocycles. The highest BCUT2D eigenvalue weighted by Crippen LogP contribution is 2.27. The lowest BCUT2D eigenvalue weighted by molar-refractivity contribution is 0.471. The van der Waals surface area contributed by atoms with E-state index in [9.17, 15) is 10.2 Å². The van der Waals surface area contributed by atoms with Gasteiger partial charge in [-0.25, -0.2) is 0 Å². The van der Waals surface area contributed by atoms with Crippen LogP contribution in [-0.4, -0.2) is 10.2 Å². The van der Waals surface area contributed by atoms with Gasteiger partial charge in [0.2, 0.25) is 0 Å². The van der Waals surface area contributed by atoms with E-state index in [1.807, 2.05) is 158 Å². The molecular formula is C60H34O2. The van der Waals surface area contributed by atoms with Crippen molar-refractivity contribution < 1.29 is 10.2 Å². The molecule has 0 amide bonds. The van der Waals surface area contributed by atoms with Crippen LogP contribution in [0.1, 0.15) is 66.8 Å². The average Bonchev–Trinajstić information content (AvgIpc) is 3.32. The van der Waals surface area contributed by atoms with E-state index in [4.69, 9.17) is 0 Å². The lowest BCUT2D eigenvalue weighted by Gasteiger charge is -2.07. The molecule has 8 rings (SSSR count). The molecule has 0 spiro atoms. The molecule has 8 aromatic carbocycles. The van der Waals surface area contributed by atoms with Crippen molar-refractivity contribution >= 4 is 0 Å². The van der Waals surface area contributed by atoms with Crippen molar-refractivity contribution in [2.75, 3.05) is 0 Å². The molecule has 0 bridgehead atoms. The normalized spacial score (nSPS) is 9.61. The van der Waals surface area contributed by atoms with Gasteiger partial charge in [-0.2, -0.15) is 0 Å². The number of benzene rings is 8. The SMILES string of the molecule is Oc1c(C#Cc2ccccc2)cccc1C#Cc1cccc(C#Cc2ccccc2-c2ccccc2C#Cc2cccc(C#Cc3cccc(C#Cc4ccccc4)c3O)c2)c1. The van der Waals surface area contributed by atoms with Crippen molar-refractivity contribution in [3.05, 3.63) is 261 Å². The summed E-state index contributed by atoms with van der Waals surface area (Å²) >= 11 is 0. The first-order valence-electron chi connectivity index (χ1n) is 19.8. The predicted octanol–water partition coefficient (Wildman–Crippen LogP) is 11.2. The standard InChI is InChI=1S/C60H34O2/c61-59-53(39-31-45-15-3-1-4-16-45)25-13-27-55(59)41-35-49-21-11-19-47(43-49)33-37-51-23-7-9-29-57(51)58-30-10-8-24-52(58)38-34-48-20-12-22-50(44-48)36-42-56-28-14-26-54(60(56)62)40-32-46-17-5-2-6-18-46/h1-30,43-44,61-62H. The molecule has 0 fully saturated rings. The van der Waals surface area contributed by atoms with Gasteiger partial charge in [-0.15, -0.1) is 0 Å². The Morgan fingerprint density at radius 2 is 0.452 bits per heavy atom. The Labute approximate surface area is 363 Å². The van der Waals surface area contributed by atoms with Crippen LogP contribution in [0.15, 0.2) is 194 Å². The Hall–Kier alpha value is -9.28. The minimum Gasteiger partial charge on any atom is -0.505 e. The Bertz CT molecular complexity index is 3110. The van der Waals surface area contributed by atoms with Crippen LogP contribution in [0.2, 0.25) is 0 Å². The van der Waals surface area contributed by atoms with Gasteiger partial charge in [-0.1, -0.05) is 168 Å². The van der Waals surface area contributed by atoms with Crippen molar-refractivity contribution in [2.45, 2.75) is 0 Å². The summed E-state index contributed by atoms with van der Waals surface area (Å²) in [5.41, 5.74) is 10.7.